The Labute approximate surface area is 113 Å². The maximum absolute atomic E-state index is 11.9. The van der Waals surface area contributed by atoms with E-state index >= 15 is 0 Å². The summed E-state index contributed by atoms with van der Waals surface area (Å²) >= 11 is 0. The predicted molar refractivity (Wildman–Crippen MR) is 68.2 cm³/mol. The van der Waals surface area contributed by atoms with Gasteiger partial charge in [-0.1, -0.05) is 0 Å². The van der Waals surface area contributed by atoms with Crippen LogP contribution in [0.3, 0.4) is 0 Å². The van der Waals surface area contributed by atoms with E-state index in [0.717, 1.165) is 45.6 Å². The molecule has 0 aromatic heterocycles. The van der Waals surface area contributed by atoms with Crippen molar-refractivity contribution in [3.63, 3.8) is 0 Å². The summed E-state index contributed by atoms with van der Waals surface area (Å²) in [6.45, 7) is 3.53. The molecule has 2 fully saturated rings. The van der Waals surface area contributed by atoms with Crippen molar-refractivity contribution in [2.45, 2.75) is 25.7 Å². The molecule has 2 saturated heterocycles. The summed E-state index contributed by atoms with van der Waals surface area (Å²) in [6.07, 6.45) is 5.91. The second kappa shape index (κ2) is 5.43. The number of rotatable bonds is 2. The van der Waals surface area contributed by atoms with Crippen LogP contribution in [0, 0.1) is 11.8 Å². The molecule has 0 unspecified atom stereocenters. The highest BCUT2D eigenvalue weighted by atomic mass is 16.5. The lowest BCUT2D eigenvalue weighted by Gasteiger charge is -2.33. The number of imide groups is 1. The summed E-state index contributed by atoms with van der Waals surface area (Å²) in [4.78, 5) is 24.8. The molecule has 2 amide bonds. The van der Waals surface area contributed by atoms with Crippen LogP contribution < -0.4 is 10.2 Å². The first-order valence-electron chi connectivity index (χ1n) is 7.22. The Hall–Kier alpha value is -1.20. The molecule has 5 nitrogen and oxygen atoms in total. The molecule has 0 radical (unpaired) electrons. The lowest BCUT2D eigenvalue weighted by atomic mass is 9.80. The van der Waals surface area contributed by atoms with Crippen LogP contribution in [0.4, 0.5) is 0 Å². The van der Waals surface area contributed by atoms with Crippen molar-refractivity contribution >= 4 is 11.8 Å². The molecule has 3 rings (SSSR count). The van der Waals surface area contributed by atoms with Crippen molar-refractivity contribution in [1.82, 2.24) is 5.32 Å². The van der Waals surface area contributed by atoms with Crippen LogP contribution in [0.2, 0.25) is 0 Å². The molecule has 104 valence electrons. The summed E-state index contributed by atoms with van der Waals surface area (Å²) in [5, 5.41) is 2.45. The largest absolute Gasteiger partial charge is 0.370 e. The summed E-state index contributed by atoms with van der Waals surface area (Å²) in [5.74, 6) is -0.0879. The molecule has 2 heterocycles. The first kappa shape index (κ1) is 12.8. The van der Waals surface area contributed by atoms with E-state index in [4.69, 9.17) is 4.74 Å². The Morgan fingerprint density at radius 1 is 1.21 bits per heavy atom. The smallest absolute Gasteiger partial charge is 0.231 e. The number of ether oxygens (including phenoxy) is 1. The Bertz CT molecular complexity index is 413. The van der Waals surface area contributed by atoms with Crippen molar-refractivity contribution in [3.8, 4) is 0 Å². The Kier molecular flexibility index (Phi) is 3.66. The minimum absolute atomic E-state index is 0.0736. The summed E-state index contributed by atoms with van der Waals surface area (Å²) in [6, 6.07) is 0. The van der Waals surface area contributed by atoms with Gasteiger partial charge >= 0.3 is 0 Å². The van der Waals surface area contributed by atoms with Gasteiger partial charge in [-0.2, -0.15) is 0 Å². The maximum atomic E-state index is 11.9. The van der Waals surface area contributed by atoms with Gasteiger partial charge in [0.15, 0.2) is 0 Å². The predicted octanol–water partition coefficient (Wildman–Crippen LogP) is -0.752. The van der Waals surface area contributed by atoms with Crippen LogP contribution >= 0.6 is 0 Å². The molecule has 2 N–H and O–H groups in total. The number of nitrogens with one attached hydrogen (secondary N) is 2. The lowest BCUT2D eigenvalue weighted by Crippen LogP contribution is -3.13. The fraction of sp³-hybridized carbons (Fsp3) is 0.714. The van der Waals surface area contributed by atoms with E-state index in [9.17, 15) is 9.59 Å². The fourth-order valence-corrected chi connectivity index (χ4v) is 3.53. The molecule has 0 spiro atoms. The first-order valence-corrected chi connectivity index (χ1v) is 7.22. The zero-order chi connectivity index (χ0) is 13.2. The van der Waals surface area contributed by atoms with Gasteiger partial charge in [-0.15, -0.1) is 0 Å². The van der Waals surface area contributed by atoms with Crippen LogP contribution in [0.5, 0.6) is 0 Å². The Morgan fingerprint density at radius 2 is 2.00 bits per heavy atom. The van der Waals surface area contributed by atoms with E-state index in [-0.39, 0.29) is 23.7 Å². The highest BCUT2D eigenvalue weighted by Crippen LogP contribution is 2.32. The highest BCUT2D eigenvalue weighted by molar-refractivity contribution is 6.03. The number of hydrogen-bond acceptors (Lipinski definition) is 3. The van der Waals surface area contributed by atoms with Gasteiger partial charge in [-0.25, -0.2) is 0 Å². The molecular formula is C14H21N2O3+. The third-order valence-electron chi connectivity index (χ3n) is 4.48. The van der Waals surface area contributed by atoms with Crippen LogP contribution in [0.1, 0.15) is 25.7 Å². The minimum Gasteiger partial charge on any atom is -0.370 e. The zero-order valence-corrected chi connectivity index (χ0v) is 11.1. The number of carbonyl (C=O) groups excluding carboxylic acids is 2. The number of allylic oxidation sites excluding steroid dienone is 2. The molecule has 2 atom stereocenters. The molecule has 0 aromatic rings. The normalized spacial score (nSPS) is 33.2. The number of carbonyl (C=O) groups is 2. The number of amides is 2. The molecule has 1 aliphatic carbocycles. The van der Waals surface area contributed by atoms with E-state index in [0.29, 0.717) is 6.42 Å². The minimum atomic E-state index is -0.144. The molecule has 3 aliphatic rings. The van der Waals surface area contributed by atoms with Crippen molar-refractivity contribution < 1.29 is 19.2 Å². The van der Waals surface area contributed by atoms with E-state index in [2.05, 4.69) is 11.4 Å². The zero-order valence-electron chi connectivity index (χ0n) is 11.1. The van der Waals surface area contributed by atoms with Gasteiger partial charge in [0, 0.05) is 12.3 Å². The molecule has 2 aliphatic heterocycles. The lowest BCUT2D eigenvalue weighted by molar-refractivity contribution is -0.874. The first-order chi connectivity index (χ1) is 9.25. The van der Waals surface area contributed by atoms with Gasteiger partial charge in [-0.05, 0) is 25.3 Å². The molecule has 19 heavy (non-hydrogen) atoms. The van der Waals surface area contributed by atoms with Crippen LogP contribution in [0.25, 0.3) is 0 Å². The third kappa shape index (κ3) is 2.58. The van der Waals surface area contributed by atoms with Crippen molar-refractivity contribution in [1.29, 1.82) is 0 Å². The van der Waals surface area contributed by atoms with Crippen molar-refractivity contribution in [2.75, 3.05) is 26.3 Å². The maximum Gasteiger partial charge on any atom is 0.231 e. The number of morpholine rings is 1. The van der Waals surface area contributed by atoms with Gasteiger partial charge in [0.25, 0.3) is 0 Å². The van der Waals surface area contributed by atoms with Gasteiger partial charge in [0.05, 0.1) is 19.1 Å². The summed E-state index contributed by atoms with van der Waals surface area (Å²) < 4.78 is 5.41. The van der Waals surface area contributed by atoms with E-state index in [1.165, 1.54) is 10.6 Å². The van der Waals surface area contributed by atoms with E-state index in [1.807, 2.05) is 0 Å². The van der Waals surface area contributed by atoms with Gasteiger partial charge in [-0.3, -0.25) is 14.9 Å². The topological polar surface area (TPSA) is 59.8 Å². The quantitative estimate of drug-likeness (QED) is 0.646. The standard InChI is InChI=1S/C14H20N2O3/c17-13-9-11(14(18)15-13)10-3-1-2-4-12(10)16-5-7-19-8-6-16/h4,10-11H,1-3,5-9H2,(H,15,17,18)/p+1/t10-,11+/m0/s1. The van der Waals surface area contributed by atoms with Crippen molar-refractivity contribution in [3.05, 3.63) is 11.8 Å². The molecule has 0 aromatic carbocycles. The molecule has 5 heteroatoms. The van der Waals surface area contributed by atoms with Gasteiger partial charge < -0.3 is 9.64 Å². The van der Waals surface area contributed by atoms with Crippen molar-refractivity contribution in [2.24, 2.45) is 11.8 Å². The number of quaternary nitrogens is 1. The fourth-order valence-electron chi connectivity index (χ4n) is 3.53. The second-order valence-corrected chi connectivity index (χ2v) is 5.64. The average molecular weight is 265 g/mol. The third-order valence-corrected chi connectivity index (χ3v) is 4.48. The van der Waals surface area contributed by atoms with Crippen LogP contribution in [0.15, 0.2) is 11.8 Å². The Balaban J connectivity index is 1.78. The molecule has 0 saturated carbocycles. The summed E-state index contributed by atoms with van der Waals surface area (Å²) in [7, 11) is 0. The SMILES string of the molecule is O=C1C[C@H]([C@@H]2CCCC=C2[NH+]2CCOCC2)C(=O)N1. The van der Waals surface area contributed by atoms with Gasteiger partial charge in [0.2, 0.25) is 11.8 Å². The molecule has 0 bridgehead atoms. The second-order valence-electron chi connectivity index (χ2n) is 5.64. The molecular weight excluding hydrogens is 244 g/mol. The van der Waals surface area contributed by atoms with Crippen LogP contribution in [-0.2, 0) is 14.3 Å². The van der Waals surface area contributed by atoms with E-state index in [1.54, 1.807) is 0 Å². The number of hydrogen-bond donors (Lipinski definition) is 2. The van der Waals surface area contributed by atoms with Crippen LogP contribution in [-0.4, -0.2) is 38.1 Å². The highest BCUT2D eigenvalue weighted by Gasteiger charge is 2.42. The summed E-state index contributed by atoms with van der Waals surface area (Å²) in [5.41, 5.74) is 1.35. The monoisotopic (exact) mass is 265 g/mol. The van der Waals surface area contributed by atoms with Gasteiger partial charge in [0.1, 0.15) is 18.8 Å². The average Bonchev–Trinajstić information content (AvgIpc) is 2.79. The Morgan fingerprint density at radius 3 is 2.68 bits per heavy atom. The van der Waals surface area contributed by atoms with E-state index < -0.39 is 0 Å².